The second kappa shape index (κ2) is 6.85. The van der Waals surface area contributed by atoms with E-state index in [-0.39, 0.29) is 7.92 Å². The summed E-state index contributed by atoms with van der Waals surface area (Å²) in [5.41, 5.74) is 0. The van der Waals surface area contributed by atoms with Crippen LogP contribution < -0.4 is 0 Å². The van der Waals surface area contributed by atoms with E-state index in [1.807, 2.05) is 0 Å². The van der Waals surface area contributed by atoms with Crippen molar-refractivity contribution in [1.29, 1.82) is 0 Å². The SMILES string of the molecule is CC(C)(C)P(C(C)(C)C)C(C)(C)C.O=C1N(F)CC(F)C1(F)F. The minimum atomic E-state index is -4.17. The van der Waals surface area contributed by atoms with Crippen molar-refractivity contribution in [3.63, 3.8) is 0 Å². The van der Waals surface area contributed by atoms with Crippen LogP contribution >= 0.6 is 7.92 Å². The number of carbonyl (C=O) groups excluding carboxylic acids is 1. The first-order valence-corrected chi connectivity index (χ1v) is 8.97. The molecule has 0 aromatic heterocycles. The fourth-order valence-corrected chi connectivity index (χ4v) is 9.69. The zero-order chi connectivity index (χ0) is 19.0. The average Bonchev–Trinajstić information content (AvgIpc) is 2.36. The Labute approximate surface area is 138 Å². The largest absolute Gasteiger partial charge is 0.359 e. The van der Waals surface area contributed by atoms with Crippen molar-refractivity contribution < 1.29 is 22.4 Å². The third kappa shape index (κ3) is 5.88. The quantitative estimate of drug-likeness (QED) is 0.315. The van der Waals surface area contributed by atoms with Gasteiger partial charge in [-0.3, -0.25) is 4.79 Å². The van der Waals surface area contributed by atoms with Crippen molar-refractivity contribution in [3.05, 3.63) is 0 Å². The van der Waals surface area contributed by atoms with Gasteiger partial charge >= 0.3 is 11.8 Å². The Morgan fingerprint density at radius 2 is 1.26 bits per heavy atom. The maximum Gasteiger partial charge on any atom is 0.359 e. The first-order valence-electron chi connectivity index (χ1n) is 7.63. The number of rotatable bonds is 0. The van der Waals surface area contributed by atoms with E-state index in [1.54, 1.807) is 0 Å². The van der Waals surface area contributed by atoms with E-state index in [2.05, 4.69) is 62.3 Å². The predicted molar refractivity (Wildman–Crippen MR) is 88.8 cm³/mol. The molecule has 1 saturated heterocycles. The van der Waals surface area contributed by atoms with Gasteiger partial charge in [-0.1, -0.05) is 74.7 Å². The molecule has 1 rings (SSSR count). The molecule has 1 fully saturated rings. The molecule has 0 aliphatic carbocycles. The molecule has 23 heavy (non-hydrogen) atoms. The molecule has 0 N–H and O–H groups in total. The lowest BCUT2D eigenvalue weighted by atomic mass is 10.2. The molecular formula is C16H30F4NOP. The Balaban J connectivity index is 0.000000433. The highest BCUT2D eigenvalue weighted by molar-refractivity contribution is 7.62. The maximum absolute atomic E-state index is 12.0. The highest BCUT2D eigenvalue weighted by Crippen LogP contribution is 2.66. The molecule has 138 valence electrons. The minimum absolute atomic E-state index is 0.0162. The van der Waals surface area contributed by atoms with Gasteiger partial charge < -0.3 is 0 Å². The molecule has 7 heteroatoms. The van der Waals surface area contributed by atoms with Crippen molar-refractivity contribution in [2.45, 2.75) is 89.9 Å². The molecule has 2 nitrogen and oxygen atoms in total. The summed E-state index contributed by atoms with van der Waals surface area (Å²) < 4.78 is 47.7. The highest BCUT2D eigenvalue weighted by atomic mass is 31.1. The van der Waals surface area contributed by atoms with Crippen LogP contribution in [0.3, 0.4) is 0 Å². The number of hydrogen-bond acceptors (Lipinski definition) is 1. The van der Waals surface area contributed by atoms with Crippen LogP contribution in [0.2, 0.25) is 0 Å². The van der Waals surface area contributed by atoms with Crippen molar-refractivity contribution in [3.8, 4) is 0 Å². The number of hydrogen-bond donors (Lipinski definition) is 0. The normalized spacial score (nSPS) is 22.3. The van der Waals surface area contributed by atoms with Gasteiger partial charge in [0.15, 0.2) is 6.17 Å². The number of nitrogens with zero attached hydrogens (tertiary/aromatic N) is 1. The summed E-state index contributed by atoms with van der Waals surface area (Å²) in [5, 5.41) is 0.536. The van der Waals surface area contributed by atoms with Crippen LogP contribution in [0, 0.1) is 0 Å². The van der Waals surface area contributed by atoms with Gasteiger partial charge in [0, 0.05) is 0 Å². The van der Waals surface area contributed by atoms with Crippen LogP contribution in [-0.2, 0) is 4.79 Å². The summed E-state index contributed by atoms with van der Waals surface area (Å²) >= 11 is 0. The van der Waals surface area contributed by atoms with Gasteiger partial charge in [0.05, 0.1) is 6.54 Å². The minimum Gasteiger partial charge on any atom is -0.265 e. The lowest BCUT2D eigenvalue weighted by molar-refractivity contribution is -0.161. The van der Waals surface area contributed by atoms with Gasteiger partial charge in [-0.25, -0.2) is 4.39 Å². The van der Waals surface area contributed by atoms with Crippen LogP contribution in [0.15, 0.2) is 0 Å². The highest BCUT2D eigenvalue weighted by Gasteiger charge is 2.58. The number of carbonyl (C=O) groups is 1. The molecule has 0 aromatic carbocycles. The summed E-state index contributed by atoms with van der Waals surface area (Å²) in [6, 6.07) is 0. The molecule has 1 heterocycles. The monoisotopic (exact) mass is 359 g/mol. The Kier molecular flexibility index (Phi) is 6.74. The van der Waals surface area contributed by atoms with Gasteiger partial charge in [-0.15, -0.1) is 0 Å². The molecule has 0 spiro atoms. The molecule has 1 unspecified atom stereocenters. The third-order valence-electron chi connectivity index (χ3n) is 3.23. The predicted octanol–water partition coefficient (Wildman–Crippen LogP) is 5.55. The Bertz CT molecular complexity index is 388. The molecule has 0 radical (unpaired) electrons. The fraction of sp³-hybridized carbons (Fsp3) is 0.938. The number of alkyl halides is 3. The van der Waals surface area contributed by atoms with Crippen molar-refractivity contribution in [1.82, 2.24) is 5.12 Å². The van der Waals surface area contributed by atoms with E-state index in [1.165, 1.54) is 0 Å². The Hall–Kier alpha value is -0.380. The van der Waals surface area contributed by atoms with E-state index in [4.69, 9.17) is 0 Å². The smallest absolute Gasteiger partial charge is 0.265 e. The lowest BCUT2D eigenvalue weighted by Crippen LogP contribution is -2.34. The van der Waals surface area contributed by atoms with Crippen molar-refractivity contribution >= 4 is 13.8 Å². The standard InChI is InChI=1S/C12H27P.C4H3F4NO/c1-10(2,3)13(11(4,5)6)12(7,8)9;5-2-1-9(8)3(10)4(2,6)7/h1-9H3;2H,1H2. The topological polar surface area (TPSA) is 20.3 Å². The molecule has 1 aliphatic heterocycles. The van der Waals surface area contributed by atoms with Crippen LogP contribution in [0.5, 0.6) is 0 Å². The van der Waals surface area contributed by atoms with E-state index in [0.29, 0.717) is 15.5 Å². The molecule has 0 saturated carbocycles. The first kappa shape index (κ1) is 22.6. The number of amides is 1. The zero-order valence-electron chi connectivity index (χ0n) is 15.6. The Morgan fingerprint density at radius 1 is 0.957 bits per heavy atom. The van der Waals surface area contributed by atoms with Gasteiger partial charge in [0.1, 0.15) is 0 Å². The van der Waals surface area contributed by atoms with E-state index in [0.717, 1.165) is 0 Å². The van der Waals surface area contributed by atoms with Crippen LogP contribution in [0.4, 0.5) is 17.7 Å². The summed E-state index contributed by atoms with van der Waals surface area (Å²) in [7, 11) is 0.0162. The van der Waals surface area contributed by atoms with E-state index in [9.17, 15) is 22.4 Å². The van der Waals surface area contributed by atoms with Gasteiger partial charge in [-0.2, -0.15) is 13.9 Å². The second-order valence-corrected chi connectivity index (χ2v) is 13.5. The summed E-state index contributed by atoms with van der Waals surface area (Å²) in [4.78, 5) is 10.00. The van der Waals surface area contributed by atoms with Crippen molar-refractivity contribution in [2.75, 3.05) is 6.54 Å². The van der Waals surface area contributed by atoms with Gasteiger partial charge in [-0.05, 0) is 15.5 Å². The molecule has 0 aromatic rings. The zero-order valence-corrected chi connectivity index (χ0v) is 16.5. The van der Waals surface area contributed by atoms with Crippen LogP contribution in [-0.4, -0.2) is 45.1 Å². The molecule has 1 amide bonds. The third-order valence-corrected chi connectivity index (χ3v) is 7.26. The lowest BCUT2D eigenvalue weighted by Gasteiger charge is -2.49. The van der Waals surface area contributed by atoms with Crippen LogP contribution in [0.25, 0.3) is 0 Å². The molecule has 1 atom stereocenters. The second-order valence-electron chi connectivity index (χ2n) is 8.79. The molecular weight excluding hydrogens is 329 g/mol. The molecule has 0 bridgehead atoms. The van der Waals surface area contributed by atoms with E-state index >= 15 is 0 Å². The number of halogens is 4. The summed E-state index contributed by atoms with van der Waals surface area (Å²) in [5.74, 6) is -6.27. The molecule has 1 aliphatic rings. The van der Waals surface area contributed by atoms with Crippen molar-refractivity contribution in [2.24, 2.45) is 0 Å². The maximum atomic E-state index is 12.0. The summed E-state index contributed by atoms with van der Waals surface area (Å²) in [6.45, 7) is 20.3. The Morgan fingerprint density at radius 3 is 1.30 bits per heavy atom. The van der Waals surface area contributed by atoms with Crippen LogP contribution in [0.1, 0.15) is 62.3 Å². The van der Waals surface area contributed by atoms with Gasteiger partial charge in [0.2, 0.25) is 0 Å². The van der Waals surface area contributed by atoms with Gasteiger partial charge in [0.25, 0.3) is 0 Å². The average molecular weight is 359 g/mol. The van der Waals surface area contributed by atoms with E-state index < -0.39 is 29.7 Å². The summed E-state index contributed by atoms with van der Waals surface area (Å²) in [6.07, 6.45) is -2.72. The fourth-order valence-electron chi connectivity index (χ4n) is 3.65. The first-order chi connectivity index (χ1) is 9.83.